The van der Waals surface area contributed by atoms with Gasteiger partial charge in [0.2, 0.25) is 0 Å². The number of sulfonamides is 1. The van der Waals surface area contributed by atoms with E-state index in [4.69, 9.17) is 0 Å². The maximum Gasteiger partial charge on any atom is 0.511 e. The molecule has 11 heteroatoms. The van der Waals surface area contributed by atoms with Crippen molar-refractivity contribution >= 4 is 31.6 Å². The van der Waals surface area contributed by atoms with Crippen LogP contribution in [0.3, 0.4) is 0 Å². The van der Waals surface area contributed by atoms with E-state index in [1.54, 1.807) is 60.8 Å². The fourth-order valence-corrected chi connectivity index (χ4v) is 5.98. The van der Waals surface area contributed by atoms with Crippen molar-refractivity contribution in [3.8, 4) is 0 Å². The Morgan fingerprint density at radius 1 is 1.09 bits per heavy atom. The summed E-state index contributed by atoms with van der Waals surface area (Å²) in [6.45, 7) is -0.0881. The number of anilines is 1. The van der Waals surface area contributed by atoms with E-state index in [1.165, 1.54) is 6.33 Å². The summed E-state index contributed by atoms with van der Waals surface area (Å²) in [6, 6.07) is 14.8. The summed E-state index contributed by atoms with van der Waals surface area (Å²) >= 11 is 3.56. The topological polar surface area (TPSA) is 69.3 Å². The number of hydrogen-bond acceptors (Lipinski definition) is 4. The van der Waals surface area contributed by atoms with Gasteiger partial charge in [0.1, 0.15) is 4.95 Å². The average Bonchev–Trinajstić information content (AvgIpc) is 3.24. The van der Waals surface area contributed by atoms with E-state index < -0.39 is 33.1 Å². The fraction of sp³-hybridized carbons (Fsp3) is 0.286. The van der Waals surface area contributed by atoms with Gasteiger partial charge in [0.25, 0.3) is 0 Å². The van der Waals surface area contributed by atoms with Crippen LogP contribution in [0.4, 0.5) is 18.9 Å². The Hall–Kier alpha value is -2.37. The second-order valence-electron chi connectivity index (χ2n) is 7.46. The molecule has 170 valence electrons. The first-order chi connectivity index (χ1) is 15.2. The van der Waals surface area contributed by atoms with Gasteiger partial charge < -0.3 is 9.88 Å². The smallest absolute Gasteiger partial charge is 0.351 e. The Balaban J connectivity index is 1.84. The maximum atomic E-state index is 13.7. The largest absolute Gasteiger partial charge is 0.511 e. The molecular weight excluding hydrogens is 509 g/mol. The van der Waals surface area contributed by atoms with Crippen molar-refractivity contribution in [1.82, 2.24) is 14.3 Å². The number of nitrogens with zero attached hydrogens (tertiary/aromatic N) is 3. The van der Waals surface area contributed by atoms with Crippen LogP contribution in [0.1, 0.15) is 16.8 Å². The van der Waals surface area contributed by atoms with Crippen molar-refractivity contribution < 1.29 is 21.6 Å². The molecule has 0 aliphatic carbocycles. The standard InChI is InChI=1S/C21H20BrF3N4O2S/c22-20-19(10-15-6-2-1-3-7-15)29(32(30,31)21(23,24)25)12-16-8-4-5-9-18(16)28(20)13-17-11-26-14-27-17/h1-9,11,14,19-20H,10,12-13H2,(H,26,27)/t19?,20-/m0/s1. The minimum atomic E-state index is -5.60. The van der Waals surface area contributed by atoms with Gasteiger partial charge in [0.05, 0.1) is 24.6 Å². The van der Waals surface area contributed by atoms with Crippen molar-refractivity contribution in [2.45, 2.75) is 36.0 Å². The number of halogens is 4. The molecule has 1 N–H and O–H groups in total. The first-order valence-corrected chi connectivity index (χ1v) is 12.1. The predicted octanol–water partition coefficient (Wildman–Crippen LogP) is 4.41. The van der Waals surface area contributed by atoms with Gasteiger partial charge >= 0.3 is 15.5 Å². The van der Waals surface area contributed by atoms with E-state index in [0.29, 0.717) is 22.1 Å². The van der Waals surface area contributed by atoms with E-state index in [2.05, 4.69) is 25.9 Å². The molecule has 0 saturated heterocycles. The number of para-hydroxylation sites is 1. The van der Waals surface area contributed by atoms with Gasteiger partial charge in [-0.25, -0.2) is 13.4 Å². The monoisotopic (exact) mass is 528 g/mol. The van der Waals surface area contributed by atoms with E-state index in [1.807, 2.05) is 4.90 Å². The third-order valence-corrected chi connectivity index (χ3v) is 8.10. The van der Waals surface area contributed by atoms with Gasteiger partial charge in [0, 0.05) is 18.4 Å². The number of aromatic amines is 1. The molecule has 0 radical (unpaired) electrons. The van der Waals surface area contributed by atoms with Crippen LogP contribution in [0, 0.1) is 0 Å². The third kappa shape index (κ3) is 4.41. The van der Waals surface area contributed by atoms with Gasteiger partial charge in [-0.3, -0.25) is 0 Å². The fourth-order valence-electron chi connectivity index (χ4n) is 3.87. The molecule has 1 aromatic heterocycles. The summed E-state index contributed by atoms with van der Waals surface area (Å²) in [5, 5.41) is 0. The molecule has 1 aliphatic heterocycles. The van der Waals surface area contributed by atoms with Crippen LogP contribution >= 0.6 is 15.9 Å². The zero-order chi connectivity index (χ0) is 22.9. The molecule has 1 aliphatic rings. The first kappa shape index (κ1) is 22.8. The molecule has 2 aromatic carbocycles. The van der Waals surface area contributed by atoms with Crippen LogP contribution in [0.5, 0.6) is 0 Å². The number of H-pyrrole nitrogens is 1. The molecule has 4 rings (SSSR count). The summed E-state index contributed by atoms with van der Waals surface area (Å²) in [5.74, 6) is 0. The van der Waals surface area contributed by atoms with Crippen LogP contribution in [0.25, 0.3) is 0 Å². The number of rotatable bonds is 5. The van der Waals surface area contributed by atoms with Crippen molar-refractivity contribution in [2.75, 3.05) is 4.90 Å². The summed E-state index contributed by atoms with van der Waals surface area (Å²) in [7, 11) is -5.60. The lowest BCUT2D eigenvalue weighted by Crippen LogP contribution is -2.53. The normalized spacial score (nSPS) is 20.1. The lowest BCUT2D eigenvalue weighted by Gasteiger charge is -2.37. The number of hydrogen-bond donors (Lipinski definition) is 1. The molecule has 2 heterocycles. The van der Waals surface area contributed by atoms with Crippen molar-refractivity contribution in [3.05, 3.63) is 83.9 Å². The number of imidazole rings is 1. The van der Waals surface area contributed by atoms with Gasteiger partial charge in [0.15, 0.2) is 0 Å². The molecule has 1 unspecified atom stereocenters. The quantitative estimate of drug-likeness (QED) is 0.393. The molecular formula is C21H20BrF3N4O2S. The van der Waals surface area contributed by atoms with Crippen molar-refractivity contribution in [2.24, 2.45) is 0 Å². The van der Waals surface area contributed by atoms with Crippen LogP contribution < -0.4 is 4.90 Å². The zero-order valence-corrected chi connectivity index (χ0v) is 19.1. The third-order valence-electron chi connectivity index (χ3n) is 5.40. The number of fused-ring (bicyclic) bond motifs is 1. The second-order valence-corrected chi connectivity index (χ2v) is 10.3. The zero-order valence-electron chi connectivity index (χ0n) is 16.7. The van der Waals surface area contributed by atoms with E-state index in [9.17, 15) is 21.6 Å². The van der Waals surface area contributed by atoms with Gasteiger partial charge in [-0.1, -0.05) is 64.5 Å². The Kier molecular flexibility index (Phi) is 6.33. The number of alkyl halides is 4. The molecule has 0 spiro atoms. The van der Waals surface area contributed by atoms with E-state index in [0.717, 1.165) is 11.3 Å². The molecule has 2 atom stereocenters. The molecule has 3 aromatic rings. The second kappa shape index (κ2) is 8.87. The highest BCUT2D eigenvalue weighted by molar-refractivity contribution is 9.09. The van der Waals surface area contributed by atoms with E-state index in [-0.39, 0.29) is 6.42 Å². The van der Waals surface area contributed by atoms with Crippen molar-refractivity contribution in [3.63, 3.8) is 0 Å². The molecule has 6 nitrogen and oxygen atoms in total. The van der Waals surface area contributed by atoms with Crippen LogP contribution in [0.2, 0.25) is 0 Å². The maximum absolute atomic E-state index is 13.7. The highest BCUT2D eigenvalue weighted by Crippen LogP contribution is 2.39. The molecule has 0 bridgehead atoms. The number of nitrogens with one attached hydrogen (secondary N) is 1. The molecule has 0 saturated carbocycles. The van der Waals surface area contributed by atoms with Gasteiger partial charge in [-0.2, -0.15) is 17.5 Å². The summed E-state index contributed by atoms with van der Waals surface area (Å²) < 4.78 is 67.0. The van der Waals surface area contributed by atoms with E-state index >= 15 is 0 Å². The Morgan fingerprint density at radius 3 is 2.44 bits per heavy atom. The SMILES string of the molecule is O=S(=O)(N1Cc2ccccc2N(Cc2cnc[nH]2)[C@H](Br)C1Cc1ccccc1)C(F)(F)F. The lowest BCUT2D eigenvalue weighted by molar-refractivity contribution is -0.0503. The minimum absolute atomic E-state index is 0.0968. The van der Waals surface area contributed by atoms with Gasteiger partial charge in [-0.05, 0) is 23.6 Å². The van der Waals surface area contributed by atoms with Gasteiger partial charge in [-0.15, -0.1) is 0 Å². The van der Waals surface area contributed by atoms with Crippen LogP contribution in [-0.4, -0.2) is 39.2 Å². The Morgan fingerprint density at radius 2 is 1.78 bits per heavy atom. The van der Waals surface area contributed by atoms with Crippen LogP contribution in [0.15, 0.2) is 67.1 Å². The molecule has 0 fully saturated rings. The minimum Gasteiger partial charge on any atom is -0.351 e. The predicted molar refractivity (Wildman–Crippen MR) is 118 cm³/mol. The van der Waals surface area contributed by atoms with Crippen LogP contribution in [-0.2, 0) is 29.5 Å². The Bertz CT molecular complexity index is 1160. The first-order valence-electron chi connectivity index (χ1n) is 9.76. The summed E-state index contributed by atoms with van der Waals surface area (Å²) in [6.07, 6.45) is 3.24. The summed E-state index contributed by atoms with van der Waals surface area (Å²) in [5.41, 5.74) is -2.80. The molecule has 32 heavy (non-hydrogen) atoms. The van der Waals surface area contributed by atoms with Crippen molar-refractivity contribution in [1.29, 1.82) is 0 Å². The number of aromatic nitrogens is 2. The highest BCUT2D eigenvalue weighted by atomic mass is 79.9. The molecule has 0 amide bonds. The highest BCUT2D eigenvalue weighted by Gasteiger charge is 2.54. The lowest BCUT2D eigenvalue weighted by atomic mass is 10.1. The average molecular weight is 529 g/mol. The number of benzene rings is 2. The summed E-state index contributed by atoms with van der Waals surface area (Å²) in [4.78, 5) is 8.13. The Labute approximate surface area is 192 Å².